The lowest BCUT2D eigenvalue weighted by Gasteiger charge is -2.19. The van der Waals surface area contributed by atoms with Crippen LogP contribution in [0.5, 0.6) is 5.75 Å². The molecule has 4 nitrogen and oxygen atoms in total. The van der Waals surface area contributed by atoms with E-state index in [2.05, 4.69) is 20.7 Å². The molecule has 0 atom stereocenters. The molecule has 1 aliphatic heterocycles. The van der Waals surface area contributed by atoms with Crippen LogP contribution in [0.2, 0.25) is 0 Å². The number of esters is 1. The Morgan fingerprint density at radius 1 is 1.22 bits per heavy atom. The van der Waals surface area contributed by atoms with Gasteiger partial charge in [0.2, 0.25) is 0 Å². The van der Waals surface area contributed by atoms with Crippen molar-refractivity contribution in [1.29, 1.82) is 0 Å². The van der Waals surface area contributed by atoms with E-state index >= 15 is 0 Å². The summed E-state index contributed by atoms with van der Waals surface area (Å²) >= 11 is 3.36. The molecular formula is C18H13BrO4. The van der Waals surface area contributed by atoms with Gasteiger partial charge in [0.05, 0.1) is 18.2 Å². The molecule has 2 aromatic carbocycles. The van der Waals surface area contributed by atoms with Gasteiger partial charge < -0.3 is 9.47 Å². The lowest BCUT2D eigenvalue weighted by Crippen LogP contribution is -2.19. The second-order valence-electron chi connectivity index (χ2n) is 5.04. The Balaban J connectivity index is 1.89. The number of hydrogen-bond donors (Lipinski definition) is 0. The molecule has 0 amide bonds. The Morgan fingerprint density at radius 3 is 2.65 bits per heavy atom. The number of ketones is 1. The van der Waals surface area contributed by atoms with Crippen molar-refractivity contribution in [2.75, 3.05) is 13.7 Å². The molecule has 0 bridgehead atoms. The fourth-order valence-electron chi connectivity index (χ4n) is 2.34. The predicted molar refractivity (Wildman–Crippen MR) is 89.7 cm³/mol. The summed E-state index contributed by atoms with van der Waals surface area (Å²) in [4.78, 5) is 24.0. The minimum absolute atomic E-state index is 0.0513. The molecule has 2 aromatic rings. The monoisotopic (exact) mass is 372 g/mol. The molecule has 1 heterocycles. The number of carbonyl (C=O) groups is 2. The van der Waals surface area contributed by atoms with E-state index in [1.165, 1.54) is 7.11 Å². The van der Waals surface area contributed by atoms with Crippen molar-refractivity contribution in [3.05, 3.63) is 69.2 Å². The highest BCUT2D eigenvalue weighted by atomic mass is 79.9. The fourth-order valence-corrected chi connectivity index (χ4v) is 2.70. The summed E-state index contributed by atoms with van der Waals surface area (Å²) < 4.78 is 11.1. The molecule has 23 heavy (non-hydrogen) atoms. The summed E-state index contributed by atoms with van der Waals surface area (Å²) in [7, 11) is 1.34. The van der Waals surface area contributed by atoms with Crippen LogP contribution in [-0.2, 0) is 4.74 Å². The van der Waals surface area contributed by atoms with Gasteiger partial charge in [-0.2, -0.15) is 0 Å². The minimum atomic E-state index is -0.389. The summed E-state index contributed by atoms with van der Waals surface area (Å²) in [6, 6.07) is 12.2. The minimum Gasteiger partial charge on any atom is -0.488 e. The third-order valence-corrected chi connectivity index (χ3v) is 4.03. The third-order valence-electron chi connectivity index (χ3n) is 3.53. The van der Waals surface area contributed by atoms with E-state index in [1.807, 2.05) is 6.07 Å². The molecule has 1 aliphatic rings. The number of carbonyl (C=O) groups excluding carboxylic acids is 2. The van der Waals surface area contributed by atoms with Gasteiger partial charge in [0.25, 0.3) is 0 Å². The smallest absolute Gasteiger partial charge is 0.337 e. The molecule has 0 saturated heterocycles. The highest BCUT2D eigenvalue weighted by molar-refractivity contribution is 9.10. The van der Waals surface area contributed by atoms with Crippen molar-refractivity contribution in [3.8, 4) is 5.75 Å². The van der Waals surface area contributed by atoms with E-state index in [1.54, 1.807) is 42.5 Å². The van der Waals surface area contributed by atoms with E-state index in [4.69, 9.17) is 4.74 Å². The van der Waals surface area contributed by atoms with Crippen molar-refractivity contribution in [1.82, 2.24) is 0 Å². The van der Waals surface area contributed by atoms with Crippen molar-refractivity contribution < 1.29 is 19.1 Å². The Kier molecular flexibility index (Phi) is 4.30. The van der Waals surface area contributed by atoms with Crippen LogP contribution in [0.1, 0.15) is 26.3 Å². The summed E-state index contributed by atoms with van der Waals surface area (Å²) in [6.45, 7) is 0.228. The lowest BCUT2D eigenvalue weighted by atomic mass is 9.98. The van der Waals surface area contributed by atoms with Crippen molar-refractivity contribution in [2.45, 2.75) is 0 Å². The fraction of sp³-hybridized carbons (Fsp3) is 0.111. The van der Waals surface area contributed by atoms with E-state index < -0.39 is 0 Å². The zero-order valence-corrected chi connectivity index (χ0v) is 13.9. The van der Waals surface area contributed by atoms with Gasteiger partial charge in [0.1, 0.15) is 12.4 Å². The summed E-state index contributed by atoms with van der Waals surface area (Å²) in [5, 5.41) is 0. The molecule has 116 valence electrons. The molecule has 0 saturated carbocycles. The van der Waals surface area contributed by atoms with Gasteiger partial charge in [-0.05, 0) is 42.0 Å². The highest BCUT2D eigenvalue weighted by Crippen LogP contribution is 2.30. The first-order chi connectivity index (χ1) is 11.1. The van der Waals surface area contributed by atoms with Crippen molar-refractivity contribution in [3.63, 3.8) is 0 Å². The molecule has 0 unspecified atom stereocenters. The van der Waals surface area contributed by atoms with Crippen LogP contribution < -0.4 is 4.74 Å². The molecule has 0 N–H and O–H groups in total. The topological polar surface area (TPSA) is 52.6 Å². The SMILES string of the molecule is COC(=O)c1ccc(/C=C2\COc3ccc(Br)cc3C2=O)cc1. The van der Waals surface area contributed by atoms with Crippen LogP contribution in [0, 0.1) is 0 Å². The van der Waals surface area contributed by atoms with Crippen LogP contribution in [0.4, 0.5) is 0 Å². The quantitative estimate of drug-likeness (QED) is 0.592. The van der Waals surface area contributed by atoms with E-state index in [-0.39, 0.29) is 18.4 Å². The second-order valence-corrected chi connectivity index (χ2v) is 5.96. The van der Waals surface area contributed by atoms with Crippen molar-refractivity contribution in [2.24, 2.45) is 0 Å². The molecule has 3 rings (SSSR count). The summed E-state index contributed by atoms with van der Waals surface area (Å²) in [6.07, 6.45) is 1.77. The van der Waals surface area contributed by atoms with Gasteiger partial charge in [-0.25, -0.2) is 4.79 Å². The van der Waals surface area contributed by atoms with Crippen LogP contribution in [-0.4, -0.2) is 25.5 Å². The molecule has 0 aromatic heterocycles. The number of ether oxygens (including phenoxy) is 2. The van der Waals surface area contributed by atoms with Gasteiger partial charge in [0, 0.05) is 10.0 Å². The second kappa shape index (κ2) is 6.38. The average molecular weight is 373 g/mol. The largest absolute Gasteiger partial charge is 0.488 e. The number of Topliss-reactive ketones (excluding diaryl/α,β-unsaturated/α-hetero) is 1. The molecular weight excluding hydrogens is 360 g/mol. The third kappa shape index (κ3) is 3.19. The van der Waals surface area contributed by atoms with Gasteiger partial charge in [-0.1, -0.05) is 28.1 Å². The molecule has 0 radical (unpaired) electrons. The number of fused-ring (bicyclic) bond motifs is 1. The first-order valence-electron chi connectivity index (χ1n) is 6.94. The molecule has 0 fully saturated rings. The van der Waals surface area contributed by atoms with Crippen LogP contribution >= 0.6 is 15.9 Å². The number of rotatable bonds is 2. The van der Waals surface area contributed by atoms with Crippen LogP contribution in [0.25, 0.3) is 6.08 Å². The molecule has 0 spiro atoms. The van der Waals surface area contributed by atoms with Gasteiger partial charge in [0.15, 0.2) is 5.78 Å². The zero-order chi connectivity index (χ0) is 16.4. The summed E-state index contributed by atoms with van der Waals surface area (Å²) in [5.74, 6) is 0.154. The Labute approximate surface area is 141 Å². The Bertz CT molecular complexity index is 806. The van der Waals surface area contributed by atoms with E-state index in [0.29, 0.717) is 22.4 Å². The summed E-state index contributed by atoms with van der Waals surface area (Å²) in [5.41, 5.74) is 2.41. The normalized spacial score (nSPS) is 15.0. The van der Waals surface area contributed by atoms with Gasteiger partial charge >= 0.3 is 5.97 Å². The van der Waals surface area contributed by atoms with Crippen LogP contribution in [0.15, 0.2) is 52.5 Å². The average Bonchev–Trinajstić information content (AvgIpc) is 2.58. The van der Waals surface area contributed by atoms with Gasteiger partial charge in [-0.15, -0.1) is 0 Å². The maximum atomic E-state index is 12.6. The highest BCUT2D eigenvalue weighted by Gasteiger charge is 2.23. The molecule has 5 heteroatoms. The van der Waals surface area contributed by atoms with Gasteiger partial charge in [-0.3, -0.25) is 4.79 Å². The Hall–Kier alpha value is -2.40. The maximum absolute atomic E-state index is 12.6. The number of methoxy groups -OCH3 is 1. The first kappa shape index (κ1) is 15.5. The Morgan fingerprint density at radius 2 is 1.96 bits per heavy atom. The standard InChI is InChI=1S/C18H13BrO4/c1-22-18(21)12-4-2-11(3-5-12)8-13-10-23-16-7-6-14(19)9-15(16)17(13)20/h2-9H,10H2,1H3/b13-8+. The van der Waals surface area contributed by atoms with E-state index in [0.717, 1.165) is 10.0 Å². The van der Waals surface area contributed by atoms with Crippen molar-refractivity contribution >= 4 is 33.8 Å². The molecule has 0 aliphatic carbocycles. The van der Waals surface area contributed by atoms with E-state index in [9.17, 15) is 9.59 Å². The van der Waals surface area contributed by atoms with Crippen LogP contribution in [0.3, 0.4) is 0 Å². The lowest BCUT2D eigenvalue weighted by molar-refractivity contribution is 0.0600. The zero-order valence-electron chi connectivity index (χ0n) is 12.3. The number of hydrogen-bond acceptors (Lipinski definition) is 4. The predicted octanol–water partition coefficient (Wildman–Crippen LogP) is 3.89. The maximum Gasteiger partial charge on any atom is 0.337 e. The first-order valence-corrected chi connectivity index (χ1v) is 7.74. The number of halogens is 1. The number of benzene rings is 2.